The van der Waals surface area contributed by atoms with Gasteiger partial charge >= 0.3 is 0 Å². The maximum absolute atomic E-state index is 12.5. The fraction of sp³-hybridized carbons (Fsp3) is 0.105. The van der Waals surface area contributed by atoms with E-state index in [1.165, 1.54) is 10.8 Å². The summed E-state index contributed by atoms with van der Waals surface area (Å²) in [6.45, 7) is 0. The summed E-state index contributed by atoms with van der Waals surface area (Å²) >= 11 is 7.22. The third-order valence-corrected chi connectivity index (χ3v) is 6.37. The van der Waals surface area contributed by atoms with Crippen molar-refractivity contribution in [1.82, 2.24) is 0 Å². The molecule has 0 aliphatic rings. The number of ketones is 1. The number of halogens is 2. The molecule has 3 heteroatoms. The van der Waals surface area contributed by atoms with E-state index in [9.17, 15) is 4.79 Å². The molecule has 0 N–H and O–H groups in total. The van der Waals surface area contributed by atoms with Gasteiger partial charge in [-0.05, 0) is 22.4 Å². The van der Waals surface area contributed by atoms with Gasteiger partial charge in [-0.1, -0.05) is 98.6 Å². The number of alkyl halides is 2. The fourth-order valence-electron chi connectivity index (χ4n) is 2.44. The molecule has 1 nitrogen and oxygen atoms in total. The minimum Gasteiger partial charge on any atom is -0.293 e. The second kappa shape index (κ2) is 6.76. The molecule has 110 valence electrons. The Bertz CT molecular complexity index is 799. The zero-order valence-electron chi connectivity index (χ0n) is 11.7. The molecule has 3 aromatic rings. The van der Waals surface area contributed by atoms with Crippen molar-refractivity contribution in [3.05, 3.63) is 83.9 Å². The Kier molecular flexibility index (Phi) is 4.74. The van der Waals surface area contributed by atoms with E-state index in [2.05, 4.69) is 62.2 Å². The average Bonchev–Trinajstić information content (AvgIpc) is 2.60. The largest absolute Gasteiger partial charge is 0.293 e. The molecule has 2 atom stereocenters. The van der Waals surface area contributed by atoms with Crippen LogP contribution in [0.15, 0.2) is 72.8 Å². The minimum absolute atomic E-state index is 0.0789. The Labute approximate surface area is 146 Å². The zero-order valence-corrected chi connectivity index (χ0v) is 14.9. The lowest BCUT2D eigenvalue weighted by Crippen LogP contribution is -2.19. The van der Waals surface area contributed by atoms with Crippen molar-refractivity contribution in [2.45, 2.75) is 9.65 Å². The summed E-state index contributed by atoms with van der Waals surface area (Å²) in [6.07, 6.45) is 0. The van der Waals surface area contributed by atoms with Gasteiger partial charge in [-0.15, -0.1) is 0 Å². The number of carbonyl (C=O) groups is 1. The van der Waals surface area contributed by atoms with Crippen LogP contribution in [-0.4, -0.2) is 10.6 Å². The normalized spacial score (nSPS) is 13.7. The van der Waals surface area contributed by atoms with Crippen LogP contribution in [0.1, 0.15) is 20.7 Å². The highest BCUT2D eigenvalue weighted by Gasteiger charge is 2.26. The summed E-state index contributed by atoms with van der Waals surface area (Å²) in [4.78, 5) is 12.2. The smallest absolute Gasteiger partial charge is 0.177 e. The lowest BCUT2D eigenvalue weighted by Gasteiger charge is -2.17. The third-order valence-electron chi connectivity index (χ3n) is 3.66. The van der Waals surface area contributed by atoms with Crippen molar-refractivity contribution in [2.24, 2.45) is 0 Å². The first kappa shape index (κ1) is 15.4. The quantitative estimate of drug-likeness (QED) is 0.380. The summed E-state index contributed by atoms with van der Waals surface area (Å²) in [5.41, 5.74) is 1.81. The van der Waals surface area contributed by atoms with Crippen molar-refractivity contribution >= 4 is 48.4 Å². The molecular weight excluding hydrogens is 404 g/mol. The molecule has 0 bridgehead atoms. The highest BCUT2D eigenvalue weighted by Crippen LogP contribution is 2.34. The fourth-order valence-corrected chi connectivity index (χ4v) is 3.54. The standard InChI is InChI=1S/C19H14Br2O/c20-17(18(21)19(22)14-7-2-1-3-8-14)16-11-10-13-6-4-5-9-15(13)12-16/h1-12,17-18H/t17-,18-/m1/s1. The van der Waals surface area contributed by atoms with Gasteiger partial charge in [0.2, 0.25) is 0 Å². The SMILES string of the molecule is O=C(c1ccccc1)[C@H](Br)[C@H](Br)c1ccc2ccccc2c1. The van der Waals surface area contributed by atoms with Crippen LogP contribution in [0.5, 0.6) is 0 Å². The van der Waals surface area contributed by atoms with E-state index in [-0.39, 0.29) is 15.4 Å². The lowest BCUT2D eigenvalue weighted by atomic mass is 10.00. The van der Waals surface area contributed by atoms with E-state index >= 15 is 0 Å². The van der Waals surface area contributed by atoms with E-state index in [1.54, 1.807) is 0 Å². The summed E-state index contributed by atoms with van der Waals surface area (Å²) in [5.74, 6) is 0.0793. The van der Waals surface area contributed by atoms with Gasteiger partial charge in [0, 0.05) is 5.56 Å². The molecule has 3 rings (SSSR count). The molecule has 0 unspecified atom stereocenters. The predicted molar refractivity (Wildman–Crippen MR) is 99.1 cm³/mol. The number of rotatable bonds is 4. The van der Waals surface area contributed by atoms with Gasteiger partial charge in [0.05, 0.1) is 9.65 Å². The molecule has 22 heavy (non-hydrogen) atoms. The van der Waals surface area contributed by atoms with Gasteiger partial charge in [0.1, 0.15) is 0 Å². The highest BCUT2D eigenvalue weighted by molar-refractivity contribution is 9.12. The second-order valence-electron chi connectivity index (χ2n) is 5.14. The topological polar surface area (TPSA) is 17.1 Å². The first-order valence-electron chi connectivity index (χ1n) is 7.03. The number of hydrogen-bond donors (Lipinski definition) is 0. The summed E-state index contributed by atoms with van der Waals surface area (Å²) in [7, 11) is 0. The number of hydrogen-bond acceptors (Lipinski definition) is 1. The summed E-state index contributed by atoms with van der Waals surface area (Å²) in [5, 5.41) is 2.38. The van der Waals surface area contributed by atoms with Crippen molar-refractivity contribution in [3.63, 3.8) is 0 Å². The van der Waals surface area contributed by atoms with E-state index in [0.717, 1.165) is 11.1 Å². The van der Waals surface area contributed by atoms with Crippen LogP contribution in [0.4, 0.5) is 0 Å². The van der Waals surface area contributed by atoms with E-state index in [1.807, 2.05) is 42.5 Å². The van der Waals surface area contributed by atoms with Crippen LogP contribution in [0.2, 0.25) is 0 Å². The molecule has 0 saturated heterocycles. The van der Waals surface area contributed by atoms with E-state index < -0.39 is 0 Å². The first-order valence-corrected chi connectivity index (χ1v) is 8.86. The monoisotopic (exact) mass is 416 g/mol. The van der Waals surface area contributed by atoms with Crippen molar-refractivity contribution in [2.75, 3.05) is 0 Å². The lowest BCUT2D eigenvalue weighted by molar-refractivity contribution is 0.0991. The molecule has 0 amide bonds. The molecule has 3 aromatic carbocycles. The molecule has 0 heterocycles. The van der Waals surface area contributed by atoms with Crippen LogP contribution in [0, 0.1) is 0 Å². The average molecular weight is 418 g/mol. The summed E-state index contributed by atoms with van der Waals surface area (Å²) < 4.78 is 0. The Morgan fingerprint density at radius 2 is 1.41 bits per heavy atom. The minimum atomic E-state index is -0.309. The van der Waals surface area contributed by atoms with Gasteiger partial charge in [0.15, 0.2) is 5.78 Å². The highest BCUT2D eigenvalue weighted by atomic mass is 79.9. The van der Waals surface area contributed by atoms with Crippen molar-refractivity contribution in [1.29, 1.82) is 0 Å². The first-order chi connectivity index (χ1) is 10.7. The maximum Gasteiger partial charge on any atom is 0.177 e. The van der Waals surface area contributed by atoms with Crippen LogP contribution < -0.4 is 0 Å². The molecule has 0 radical (unpaired) electrons. The van der Waals surface area contributed by atoms with Crippen LogP contribution in [0.3, 0.4) is 0 Å². The van der Waals surface area contributed by atoms with Crippen molar-refractivity contribution < 1.29 is 4.79 Å². The van der Waals surface area contributed by atoms with Crippen molar-refractivity contribution in [3.8, 4) is 0 Å². The molecule has 0 aromatic heterocycles. The Morgan fingerprint density at radius 3 is 2.14 bits per heavy atom. The number of Topliss-reactive ketones (excluding diaryl/α,β-unsaturated/α-hetero) is 1. The predicted octanol–water partition coefficient (Wildman–Crippen LogP) is 5.92. The van der Waals surface area contributed by atoms with E-state index in [4.69, 9.17) is 0 Å². The molecule has 0 aliphatic carbocycles. The number of fused-ring (bicyclic) bond motifs is 1. The number of carbonyl (C=O) groups excluding carboxylic acids is 1. The van der Waals surface area contributed by atoms with Gasteiger partial charge in [-0.3, -0.25) is 4.79 Å². The zero-order chi connectivity index (χ0) is 15.5. The summed E-state index contributed by atoms with van der Waals surface area (Å²) in [6, 6.07) is 23.9. The Morgan fingerprint density at radius 1 is 0.773 bits per heavy atom. The number of benzene rings is 3. The van der Waals surface area contributed by atoms with Gasteiger partial charge < -0.3 is 0 Å². The molecular formula is C19H14Br2O. The third kappa shape index (κ3) is 3.16. The van der Waals surface area contributed by atoms with Crippen LogP contribution in [0.25, 0.3) is 10.8 Å². The van der Waals surface area contributed by atoms with Crippen LogP contribution in [-0.2, 0) is 0 Å². The molecule has 0 fully saturated rings. The Balaban J connectivity index is 1.88. The van der Waals surface area contributed by atoms with Gasteiger partial charge in [-0.25, -0.2) is 0 Å². The van der Waals surface area contributed by atoms with Gasteiger partial charge in [-0.2, -0.15) is 0 Å². The molecule has 0 spiro atoms. The molecule has 0 aliphatic heterocycles. The molecule has 0 saturated carbocycles. The Hall–Kier alpha value is -1.45. The van der Waals surface area contributed by atoms with Crippen LogP contribution >= 0.6 is 31.9 Å². The van der Waals surface area contributed by atoms with E-state index in [0.29, 0.717) is 0 Å². The maximum atomic E-state index is 12.5. The van der Waals surface area contributed by atoms with Gasteiger partial charge in [0.25, 0.3) is 0 Å². The second-order valence-corrected chi connectivity index (χ2v) is 7.11.